The SMILES string of the molecule is CCCCC(CC)CO[n+]1ccc(-c2ccccc2)c2ccccc21.Cc1ccc(S(=O)(=O)[O-])cc1. The lowest BCUT2D eigenvalue weighted by atomic mass is 10.0. The van der Waals surface area contributed by atoms with Crippen molar-refractivity contribution in [1.29, 1.82) is 0 Å². The molecule has 190 valence electrons. The monoisotopic (exact) mass is 505 g/mol. The highest BCUT2D eigenvalue weighted by molar-refractivity contribution is 7.85. The topological polar surface area (TPSA) is 70.3 Å². The van der Waals surface area contributed by atoms with E-state index < -0.39 is 10.1 Å². The third kappa shape index (κ3) is 7.64. The minimum absolute atomic E-state index is 0.178. The third-order valence-electron chi connectivity index (χ3n) is 6.20. The molecule has 0 fully saturated rings. The van der Waals surface area contributed by atoms with Crippen LogP contribution in [0.15, 0.2) is 96.0 Å². The summed E-state index contributed by atoms with van der Waals surface area (Å²) in [6, 6.07) is 27.0. The lowest BCUT2D eigenvalue weighted by Crippen LogP contribution is -2.45. The van der Waals surface area contributed by atoms with E-state index in [0.29, 0.717) is 5.92 Å². The Bertz CT molecular complexity index is 1340. The fourth-order valence-corrected chi connectivity index (χ4v) is 4.45. The summed E-state index contributed by atoms with van der Waals surface area (Å²) in [6.45, 7) is 7.10. The van der Waals surface area contributed by atoms with Crippen LogP contribution in [0.25, 0.3) is 22.0 Å². The van der Waals surface area contributed by atoms with Crippen molar-refractivity contribution >= 4 is 21.0 Å². The van der Waals surface area contributed by atoms with E-state index in [1.807, 2.05) is 11.7 Å². The Morgan fingerprint density at radius 3 is 2.19 bits per heavy atom. The van der Waals surface area contributed by atoms with Gasteiger partial charge in [0.05, 0.1) is 10.3 Å². The standard InChI is InChI=1S/C23H28NO.C7H8O3S/c1-3-5-11-19(4-2)18-25-24-17-16-21(20-12-7-6-8-13-20)22-14-9-10-15-23(22)24;1-6-2-4-7(5-3-6)11(8,9)10/h6-10,12-17,19H,3-5,11,18H2,1-2H3;2-5H,1H3,(H,8,9,10)/q+1;/p-1. The van der Waals surface area contributed by atoms with Crippen LogP contribution in [-0.2, 0) is 10.1 Å². The molecule has 0 saturated carbocycles. The van der Waals surface area contributed by atoms with Crippen molar-refractivity contribution in [3.63, 3.8) is 0 Å². The Labute approximate surface area is 215 Å². The Morgan fingerprint density at radius 1 is 0.889 bits per heavy atom. The molecule has 0 bridgehead atoms. The molecule has 3 aromatic carbocycles. The molecule has 1 unspecified atom stereocenters. The highest BCUT2D eigenvalue weighted by atomic mass is 32.2. The second-order valence-corrected chi connectivity index (χ2v) is 10.3. The number of hydrogen-bond donors (Lipinski definition) is 0. The third-order valence-corrected chi connectivity index (χ3v) is 7.04. The summed E-state index contributed by atoms with van der Waals surface area (Å²) in [7, 11) is -4.27. The zero-order valence-electron chi connectivity index (χ0n) is 21.3. The second-order valence-electron chi connectivity index (χ2n) is 8.92. The number of aryl methyl sites for hydroxylation is 1. The van der Waals surface area contributed by atoms with Crippen LogP contribution in [0.1, 0.15) is 45.1 Å². The van der Waals surface area contributed by atoms with Crippen LogP contribution < -0.4 is 9.57 Å². The zero-order valence-corrected chi connectivity index (χ0v) is 22.1. The molecule has 1 atom stereocenters. The molecule has 0 radical (unpaired) electrons. The number of aromatic nitrogens is 1. The van der Waals surface area contributed by atoms with Gasteiger partial charge in [0.15, 0.2) is 6.61 Å². The zero-order chi connectivity index (χ0) is 26.0. The number of rotatable bonds is 9. The highest BCUT2D eigenvalue weighted by Crippen LogP contribution is 2.26. The summed E-state index contributed by atoms with van der Waals surface area (Å²) in [5.41, 5.74) is 4.53. The van der Waals surface area contributed by atoms with Crippen molar-refractivity contribution < 1.29 is 22.5 Å². The van der Waals surface area contributed by atoms with Gasteiger partial charge in [-0.15, -0.1) is 0 Å². The summed E-state index contributed by atoms with van der Waals surface area (Å²) in [6.07, 6.45) is 6.99. The van der Waals surface area contributed by atoms with E-state index in [2.05, 4.69) is 80.7 Å². The van der Waals surface area contributed by atoms with Gasteiger partial charge in [-0.1, -0.05) is 86.8 Å². The van der Waals surface area contributed by atoms with Gasteiger partial charge in [-0.3, -0.25) is 4.84 Å². The molecule has 0 saturated heterocycles. The lowest BCUT2D eigenvalue weighted by molar-refractivity contribution is -0.872. The first kappa shape index (κ1) is 27.4. The van der Waals surface area contributed by atoms with E-state index in [9.17, 15) is 13.0 Å². The van der Waals surface area contributed by atoms with Crippen molar-refractivity contribution in [3.8, 4) is 11.1 Å². The molecule has 6 heteroatoms. The number of unbranched alkanes of at least 4 members (excludes halogenated alkanes) is 1. The maximum absolute atomic E-state index is 10.4. The van der Waals surface area contributed by atoms with Crippen molar-refractivity contribution in [3.05, 3.63) is 96.7 Å². The minimum atomic E-state index is -4.27. The largest absolute Gasteiger partial charge is 0.744 e. The molecule has 0 aliphatic rings. The second kappa shape index (κ2) is 13.2. The molecule has 0 aliphatic carbocycles. The highest BCUT2D eigenvalue weighted by Gasteiger charge is 2.17. The van der Waals surface area contributed by atoms with Gasteiger partial charge < -0.3 is 4.55 Å². The molecule has 1 aromatic heterocycles. The molecule has 0 spiro atoms. The molecule has 4 rings (SSSR count). The summed E-state index contributed by atoms with van der Waals surface area (Å²) < 4.78 is 33.1. The van der Waals surface area contributed by atoms with Gasteiger partial charge in [-0.25, -0.2) is 8.42 Å². The van der Waals surface area contributed by atoms with Gasteiger partial charge in [0.25, 0.3) is 5.52 Å². The van der Waals surface area contributed by atoms with E-state index in [1.54, 1.807) is 12.1 Å². The Hall–Kier alpha value is -3.22. The van der Waals surface area contributed by atoms with E-state index in [0.717, 1.165) is 17.7 Å². The molecular weight excluding hydrogens is 470 g/mol. The first-order valence-corrected chi connectivity index (χ1v) is 13.9. The van der Waals surface area contributed by atoms with Crippen LogP contribution in [0.3, 0.4) is 0 Å². The maximum Gasteiger partial charge on any atom is 0.265 e. The van der Waals surface area contributed by atoms with E-state index >= 15 is 0 Å². The molecule has 1 heterocycles. The molecule has 0 amide bonds. The number of para-hydroxylation sites is 1. The average molecular weight is 506 g/mol. The van der Waals surface area contributed by atoms with Crippen LogP contribution in [-0.4, -0.2) is 19.6 Å². The number of pyridine rings is 1. The number of nitrogens with zero attached hydrogens (tertiary/aromatic N) is 1. The predicted molar refractivity (Wildman–Crippen MR) is 143 cm³/mol. The van der Waals surface area contributed by atoms with Crippen LogP contribution in [0.2, 0.25) is 0 Å². The predicted octanol–water partition coefficient (Wildman–Crippen LogP) is 6.34. The van der Waals surface area contributed by atoms with Crippen molar-refractivity contribution in [2.24, 2.45) is 5.92 Å². The summed E-state index contributed by atoms with van der Waals surface area (Å²) >= 11 is 0. The van der Waals surface area contributed by atoms with E-state index in [4.69, 9.17) is 4.84 Å². The summed E-state index contributed by atoms with van der Waals surface area (Å²) in [4.78, 5) is 6.00. The smallest absolute Gasteiger partial charge is 0.265 e. The van der Waals surface area contributed by atoms with Crippen molar-refractivity contribution in [2.75, 3.05) is 6.61 Å². The number of hydrogen-bond acceptors (Lipinski definition) is 4. The van der Waals surface area contributed by atoms with Gasteiger partial charge in [-0.05, 0) is 49.4 Å². The first-order valence-electron chi connectivity index (χ1n) is 12.5. The average Bonchev–Trinajstić information content (AvgIpc) is 2.89. The normalized spacial score (nSPS) is 12.0. The van der Waals surface area contributed by atoms with E-state index in [-0.39, 0.29) is 4.90 Å². The van der Waals surface area contributed by atoms with Gasteiger partial charge >= 0.3 is 0 Å². The molecule has 5 nitrogen and oxygen atoms in total. The number of fused-ring (bicyclic) bond motifs is 1. The molecule has 36 heavy (non-hydrogen) atoms. The number of benzene rings is 3. The Morgan fingerprint density at radius 2 is 1.56 bits per heavy atom. The van der Waals surface area contributed by atoms with Crippen LogP contribution in [0.4, 0.5) is 0 Å². The van der Waals surface area contributed by atoms with Gasteiger partial charge in [-0.2, -0.15) is 0 Å². The molecule has 4 aromatic rings. The van der Waals surface area contributed by atoms with Crippen molar-refractivity contribution in [1.82, 2.24) is 0 Å². The Balaban J connectivity index is 0.000000275. The Kier molecular flexibility index (Phi) is 10.0. The van der Waals surface area contributed by atoms with Gasteiger partial charge in [0, 0.05) is 22.4 Å². The summed E-state index contributed by atoms with van der Waals surface area (Å²) in [5.74, 6) is 0.625. The van der Waals surface area contributed by atoms with Crippen LogP contribution >= 0.6 is 0 Å². The quantitative estimate of drug-likeness (QED) is 0.197. The van der Waals surface area contributed by atoms with Crippen molar-refractivity contribution in [2.45, 2.75) is 51.3 Å². The summed E-state index contributed by atoms with van der Waals surface area (Å²) in [5, 5.41) is 1.22. The molecule has 0 aliphatic heterocycles. The fourth-order valence-electron chi connectivity index (χ4n) is 3.98. The fraction of sp³-hybridized carbons (Fsp3) is 0.300. The van der Waals surface area contributed by atoms with Gasteiger partial charge in [0.2, 0.25) is 6.20 Å². The first-order chi connectivity index (χ1) is 17.3. The van der Waals surface area contributed by atoms with Crippen LogP contribution in [0.5, 0.6) is 0 Å². The van der Waals surface area contributed by atoms with Gasteiger partial charge in [0.1, 0.15) is 10.1 Å². The van der Waals surface area contributed by atoms with Crippen LogP contribution in [0, 0.1) is 12.8 Å². The minimum Gasteiger partial charge on any atom is -0.744 e. The molecule has 0 N–H and O–H groups in total. The maximum atomic E-state index is 10.4. The molecular formula is C30H35NO4S. The van der Waals surface area contributed by atoms with E-state index in [1.165, 1.54) is 54.3 Å². The lowest BCUT2D eigenvalue weighted by Gasteiger charge is -2.12.